The number of rotatable bonds is 4. The second kappa shape index (κ2) is 10.5. The number of para-hydroxylation sites is 2. The van der Waals surface area contributed by atoms with E-state index in [1.165, 1.54) is 12.3 Å². The molecule has 43 heavy (non-hydrogen) atoms. The molecule has 0 amide bonds. The maximum Gasteiger partial charge on any atom is 0.135 e. The van der Waals surface area contributed by atoms with Gasteiger partial charge in [0.05, 0.1) is 0 Å². The number of fused-ring (bicyclic) bond motifs is 6. The molecule has 0 saturated carbocycles. The summed E-state index contributed by atoms with van der Waals surface area (Å²) in [5.41, 5.74) is 6.78. The first kappa shape index (κ1) is 23.7. The molecule has 4 heterocycles. The van der Waals surface area contributed by atoms with Gasteiger partial charge in [0, 0.05) is 59.9 Å². The molecule has 4 aromatic carbocycles. The van der Waals surface area contributed by atoms with Gasteiger partial charge in [-0.3, -0.25) is 0 Å². The van der Waals surface area contributed by atoms with Gasteiger partial charge in [-0.05, 0) is 66.9 Å². The van der Waals surface area contributed by atoms with E-state index in [2.05, 4.69) is 45.6 Å². The van der Waals surface area contributed by atoms with Crippen LogP contribution in [-0.4, -0.2) is 19.1 Å². The Morgan fingerprint density at radius 2 is 1.70 bits per heavy atom. The molecule has 6 nitrogen and oxygen atoms in total. The van der Waals surface area contributed by atoms with Gasteiger partial charge in [-0.25, -0.2) is 4.98 Å². The third kappa shape index (κ3) is 4.41. The molecule has 0 radical (unpaired) electrons. The number of pyridine rings is 1. The number of hydrogen-bond acceptors (Lipinski definition) is 4. The van der Waals surface area contributed by atoms with Crippen molar-refractivity contribution in [2.45, 2.75) is 20.7 Å². The number of imidazole rings is 1. The van der Waals surface area contributed by atoms with Gasteiger partial charge in [-0.1, -0.05) is 60.2 Å². The van der Waals surface area contributed by atoms with E-state index in [4.69, 9.17) is 13.8 Å². The number of nitrogens with zero attached hydrogens (tertiary/aromatic N) is 5. The van der Waals surface area contributed by atoms with E-state index in [-0.39, 0.29) is 26.6 Å². The fourth-order valence-electron chi connectivity index (χ4n) is 5.67. The van der Waals surface area contributed by atoms with Crippen LogP contribution in [0.25, 0.3) is 39.0 Å². The SMILES string of the molecule is [2H]C([2H])([2H])c1ccnc(-n2c3[c-]c(Oc4[c-]c(N5[CH-]n6c(nc(C)c6C)-c6ccccc65)ccc4)ccc3c3ccccc32)c1.[Pt]. The predicted molar refractivity (Wildman–Crippen MR) is 166 cm³/mol. The quantitative estimate of drug-likeness (QED) is 0.170. The fourth-order valence-corrected chi connectivity index (χ4v) is 5.67. The molecule has 0 unspecified atom stereocenters. The van der Waals surface area contributed by atoms with Crippen molar-refractivity contribution in [3.8, 4) is 28.7 Å². The van der Waals surface area contributed by atoms with Crippen molar-refractivity contribution in [2.75, 3.05) is 4.90 Å². The Morgan fingerprint density at radius 3 is 2.60 bits per heavy atom. The number of benzene rings is 4. The molecule has 7 heteroatoms. The van der Waals surface area contributed by atoms with Crippen molar-refractivity contribution >= 4 is 33.2 Å². The molecule has 8 rings (SSSR count). The van der Waals surface area contributed by atoms with E-state index >= 15 is 0 Å². The first-order valence-electron chi connectivity index (χ1n) is 15.2. The Balaban J connectivity index is 0.00000338. The Hall–Kier alpha value is -4.80. The maximum atomic E-state index is 7.91. The molecule has 214 valence electrons. The third-order valence-corrected chi connectivity index (χ3v) is 7.79. The van der Waals surface area contributed by atoms with Gasteiger partial charge in [0.15, 0.2) is 0 Å². The zero-order valence-corrected chi connectivity index (χ0v) is 25.5. The van der Waals surface area contributed by atoms with Crippen molar-refractivity contribution in [1.82, 2.24) is 19.1 Å². The van der Waals surface area contributed by atoms with E-state index < -0.39 is 6.85 Å². The van der Waals surface area contributed by atoms with Crippen molar-refractivity contribution < 1.29 is 29.9 Å². The molecule has 0 fully saturated rings. The van der Waals surface area contributed by atoms with Gasteiger partial charge in [0.25, 0.3) is 0 Å². The summed E-state index contributed by atoms with van der Waals surface area (Å²) in [5.74, 6) is 2.45. The largest absolute Gasteiger partial charge is 0.509 e. The van der Waals surface area contributed by atoms with Crippen molar-refractivity contribution in [3.63, 3.8) is 0 Å². The minimum Gasteiger partial charge on any atom is -0.509 e. The zero-order valence-electron chi connectivity index (χ0n) is 26.3. The number of ether oxygens (including phenoxy) is 1. The van der Waals surface area contributed by atoms with E-state index in [9.17, 15) is 0 Å². The molecule has 1 aliphatic heterocycles. The van der Waals surface area contributed by atoms with Gasteiger partial charge in [-0.15, -0.1) is 35.7 Å². The monoisotopic (exact) mass is 742 g/mol. The first-order valence-corrected chi connectivity index (χ1v) is 13.7. The Labute approximate surface area is 268 Å². The van der Waals surface area contributed by atoms with Gasteiger partial charge in [0.2, 0.25) is 0 Å². The van der Waals surface area contributed by atoms with E-state index in [0.29, 0.717) is 17.3 Å². The number of aromatic nitrogens is 4. The molecule has 0 N–H and O–H groups in total. The van der Waals surface area contributed by atoms with Gasteiger partial charge >= 0.3 is 0 Å². The Kier molecular flexibility index (Phi) is 5.78. The number of anilines is 2. The second-order valence-corrected chi connectivity index (χ2v) is 10.3. The second-order valence-electron chi connectivity index (χ2n) is 10.3. The van der Waals surface area contributed by atoms with Crippen LogP contribution >= 0.6 is 0 Å². The van der Waals surface area contributed by atoms with E-state index in [1.54, 1.807) is 6.07 Å². The zero-order chi connectivity index (χ0) is 30.9. The molecule has 0 saturated heterocycles. The van der Waals surface area contributed by atoms with Gasteiger partial charge in [0.1, 0.15) is 5.82 Å². The fraction of sp³-hybridized carbons (Fsp3) is 0.0833. The van der Waals surface area contributed by atoms with Crippen LogP contribution in [0.3, 0.4) is 0 Å². The molecule has 7 aromatic rings. The minimum atomic E-state index is -2.25. The average molecular weight is 743 g/mol. The van der Waals surface area contributed by atoms with Crippen LogP contribution in [-0.2, 0) is 21.1 Å². The van der Waals surface area contributed by atoms with Gasteiger partial charge < -0.3 is 23.8 Å². The van der Waals surface area contributed by atoms with Crippen LogP contribution in [0.15, 0.2) is 97.2 Å². The summed E-state index contributed by atoms with van der Waals surface area (Å²) >= 11 is 0. The smallest absolute Gasteiger partial charge is 0.135 e. The van der Waals surface area contributed by atoms with Crippen molar-refractivity contribution in [3.05, 3.63) is 133 Å². The summed E-state index contributed by atoms with van der Waals surface area (Å²) in [4.78, 5) is 11.5. The Morgan fingerprint density at radius 1 is 0.860 bits per heavy atom. The molecule has 0 atom stereocenters. The van der Waals surface area contributed by atoms with Crippen molar-refractivity contribution in [2.24, 2.45) is 0 Å². The molecule has 0 spiro atoms. The summed E-state index contributed by atoms with van der Waals surface area (Å²) in [7, 11) is 0. The molecule has 0 bridgehead atoms. The molecular weight excluding hydrogens is 714 g/mol. The van der Waals surface area contributed by atoms with Crippen LogP contribution in [0.4, 0.5) is 11.4 Å². The Bertz CT molecular complexity index is 2270. The van der Waals surface area contributed by atoms with E-state index in [0.717, 1.165) is 56.0 Å². The van der Waals surface area contributed by atoms with Crippen LogP contribution in [0, 0.1) is 39.5 Å². The van der Waals surface area contributed by atoms with Crippen LogP contribution in [0.1, 0.15) is 21.1 Å². The summed E-state index contributed by atoms with van der Waals surface area (Å²) in [6.45, 7) is 3.88. The van der Waals surface area contributed by atoms with Crippen molar-refractivity contribution in [1.29, 1.82) is 0 Å². The molecular formula is C36H26N5OPt-3. The predicted octanol–water partition coefficient (Wildman–Crippen LogP) is 8.48. The molecule has 1 aliphatic rings. The topological polar surface area (TPSA) is 48.1 Å². The number of aryl methyl sites for hydroxylation is 2. The molecule has 0 aliphatic carbocycles. The van der Waals surface area contributed by atoms with Gasteiger partial charge in [-0.2, -0.15) is 12.1 Å². The maximum absolute atomic E-state index is 7.91. The van der Waals surface area contributed by atoms with Crippen LogP contribution in [0.2, 0.25) is 0 Å². The minimum absolute atomic E-state index is 0. The van der Waals surface area contributed by atoms with Crippen LogP contribution in [0.5, 0.6) is 11.5 Å². The standard InChI is InChI=1S/C36H26N5O.Pt/c1-23-17-18-37-35(19-23)41-33-14-7-4-11-29(33)30-16-15-28(21-34(30)41)42-27-10-8-9-26(20-27)40-22-39-25(3)24(2)38-36(39)31-12-5-6-13-32(31)40;/h4-19,22H,1-3H3;/q-3;/i1D3;. The molecule has 3 aromatic heterocycles. The first-order chi connectivity index (χ1) is 21.8. The summed E-state index contributed by atoms with van der Waals surface area (Å²) in [6.07, 6.45) is 1.53. The normalized spacial score (nSPS) is 13.3. The van der Waals surface area contributed by atoms with E-state index in [1.807, 2.05) is 84.9 Å². The van der Waals surface area contributed by atoms with Crippen LogP contribution < -0.4 is 9.64 Å². The summed E-state index contributed by atoms with van der Waals surface area (Å²) in [5, 5.41) is 1.96. The summed E-state index contributed by atoms with van der Waals surface area (Å²) in [6, 6.07) is 35.9. The number of hydrogen-bond donors (Lipinski definition) is 0. The average Bonchev–Trinajstić information content (AvgIpc) is 3.53. The third-order valence-electron chi connectivity index (χ3n) is 7.79. The summed E-state index contributed by atoms with van der Waals surface area (Å²) < 4.78 is 34.2.